The zero-order valence-corrected chi connectivity index (χ0v) is 12.7. The average molecular weight is 372 g/mol. The van der Waals surface area contributed by atoms with Crippen molar-refractivity contribution in [2.75, 3.05) is 5.32 Å². The Morgan fingerprint density at radius 2 is 1.90 bits per heavy atom. The smallest absolute Gasteiger partial charge is 0.335 e. The van der Waals surface area contributed by atoms with Crippen LogP contribution in [0.15, 0.2) is 40.9 Å². The number of anilines is 2. The van der Waals surface area contributed by atoms with Crippen molar-refractivity contribution in [3.8, 4) is 0 Å². The SMILES string of the molecule is O=C(O)c1ccc(Nc2ccc(Cl)cc2Br)c([N+](=O)[O-])c1. The molecular weight excluding hydrogens is 364 g/mol. The number of aromatic carboxylic acids is 1. The van der Waals surface area contributed by atoms with Gasteiger partial charge in [0.15, 0.2) is 0 Å². The van der Waals surface area contributed by atoms with Gasteiger partial charge in [-0.15, -0.1) is 0 Å². The molecule has 0 radical (unpaired) electrons. The summed E-state index contributed by atoms with van der Waals surface area (Å²) in [7, 11) is 0. The van der Waals surface area contributed by atoms with Crippen LogP contribution in [0.3, 0.4) is 0 Å². The van der Waals surface area contributed by atoms with E-state index in [0.29, 0.717) is 15.2 Å². The first kappa shape index (κ1) is 15.3. The van der Waals surface area contributed by atoms with E-state index in [4.69, 9.17) is 16.7 Å². The van der Waals surface area contributed by atoms with E-state index in [1.54, 1.807) is 18.2 Å². The fourth-order valence-electron chi connectivity index (χ4n) is 1.66. The lowest BCUT2D eigenvalue weighted by Gasteiger charge is -2.09. The average Bonchev–Trinajstić information content (AvgIpc) is 2.41. The highest BCUT2D eigenvalue weighted by Crippen LogP contribution is 2.33. The van der Waals surface area contributed by atoms with E-state index in [-0.39, 0.29) is 16.9 Å². The molecule has 0 unspecified atom stereocenters. The van der Waals surface area contributed by atoms with Gasteiger partial charge in [-0.25, -0.2) is 4.79 Å². The number of carbonyl (C=O) groups is 1. The molecule has 0 aliphatic heterocycles. The molecule has 0 saturated carbocycles. The van der Waals surface area contributed by atoms with Gasteiger partial charge in [-0.2, -0.15) is 0 Å². The topological polar surface area (TPSA) is 92.5 Å². The van der Waals surface area contributed by atoms with Gasteiger partial charge in [-0.1, -0.05) is 11.6 Å². The fourth-order valence-corrected chi connectivity index (χ4v) is 2.44. The zero-order chi connectivity index (χ0) is 15.6. The molecule has 0 fully saturated rings. The van der Waals surface area contributed by atoms with E-state index in [1.807, 2.05) is 0 Å². The van der Waals surface area contributed by atoms with Crippen LogP contribution in [0.2, 0.25) is 5.02 Å². The Labute approximate surface area is 132 Å². The molecule has 0 saturated heterocycles. The van der Waals surface area contributed by atoms with Crippen molar-refractivity contribution in [3.05, 3.63) is 61.6 Å². The number of nitro groups is 1. The molecule has 2 N–H and O–H groups in total. The Bertz CT molecular complexity index is 736. The Morgan fingerprint density at radius 1 is 1.24 bits per heavy atom. The van der Waals surface area contributed by atoms with Crippen LogP contribution in [0, 0.1) is 10.1 Å². The number of benzene rings is 2. The number of hydrogen-bond acceptors (Lipinski definition) is 4. The predicted octanol–water partition coefficient (Wildman–Crippen LogP) is 4.45. The van der Waals surface area contributed by atoms with E-state index >= 15 is 0 Å². The lowest BCUT2D eigenvalue weighted by Crippen LogP contribution is -2.02. The second kappa shape index (κ2) is 6.11. The fraction of sp³-hybridized carbons (Fsp3) is 0. The Hall–Kier alpha value is -2.12. The molecule has 0 atom stereocenters. The molecule has 6 nitrogen and oxygen atoms in total. The lowest BCUT2D eigenvalue weighted by molar-refractivity contribution is -0.383. The number of nitrogens with one attached hydrogen (secondary N) is 1. The summed E-state index contributed by atoms with van der Waals surface area (Å²) in [6, 6.07) is 8.58. The molecule has 2 aromatic carbocycles. The van der Waals surface area contributed by atoms with Crippen LogP contribution < -0.4 is 5.32 Å². The molecule has 0 aliphatic rings. The Kier molecular flexibility index (Phi) is 4.44. The van der Waals surface area contributed by atoms with Crippen LogP contribution in [-0.2, 0) is 0 Å². The van der Waals surface area contributed by atoms with Crippen molar-refractivity contribution in [1.29, 1.82) is 0 Å². The van der Waals surface area contributed by atoms with Gasteiger partial charge < -0.3 is 10.4 Å². The van der Waals surface area contributed by atoms with Crippen molar-refractivity contribution in [2.45, 2.75) is 0 Å². The Balaban J connectivity index is 2.44. The van der Waals surface area contributed by atoms with Gasteiger partial charge in [0.25, 0.3) is 5.69 Å². The number of halogens is 2. The molecule has 0 heterocycles. The van der Waals surface area contributed by atoms with Crippen LogP contribution in [0.25, 0.3) is 0 Å². The largest absolute Gasteiger partial charge is 0.478 e. The predicted molar refractivity (Wildman–Crippen MR) is 82.5 cm³/mol. The van der Waals surface area contributed by atoms with Gasteiger partial charge in [0.1, 0.15) is 5.69 Å². The number of nitrogens with zero attached hydrogens (tertiary/aromatic N) is 1. The maximum absolute atomic E-state index is 11.1. The summed E-state index contributed by atoms with van der Waals surface area (Å²) >= 11 is 9.12. The summed E-state index contributed by atoms with van der Waals surface area (Å²) in [5.41, 5.74) is 0.290. The van der Waals surface area contributed by atoms with E-state index in [0.717, 1.165) is 6.07 Å². The number of rotatable bonds is 4. The molecule has 0 amide bonds. The van der Waals surface area contributed by atoms with Crippen molar-refractivity contribution in [2.24, 2.45) is 0 Å². The minimum absolute atomic E-state index is 0.151. The number of carboxylic acid groups (broad SMARTS) is 1. The highest BCUT2D eigenvalue weighted by atomic mass is 79.9. The second-order valence-electron chi connectivity index (χ2n) is 4.04. The second-order valence-corrected chi connectivity index (χ2v) is 5.33. The third-order valence-corrected chi connectivity index (χ3v) is 3.53. The first-order valence-corrected chi connectivity index (χ1v) is 6.79. The van der Waals surface area contributed by atoms with Crippen LogP contribution in [0.5, 0.6) is 0 Å². The van der Waals surface area contributed by atoms with Crippen molar-refractivity contribution < 1.29 is 14.8 Å². The Morgan fingerprint density at radius 3 is 2.48 bits per heavy atom. The lowest BCUT2D eigenvalue weighted by atomic mass is 10.1. The van der Waals surface area contributed by atoms with E-state index in [2.05, 4.69) is 21.2 Å². The van der Waals surface area contributed by atoms with Crippen molar-refractivity contribution >= 4 is 50.6 Å². The van der Waals surface area contributed by atoms with E-state index < -0.39 is 10.9 Å². The summed E-state index contributed by atoms with van der Waals surface area (Å²) in [6.07, 6.45) is 0. The zero-order valence-electron chi connectivity index (χ0n) is 10.3. The molecule has 0 bridgehead atoms. The van der Waals surface area contributed by atoms with Gasteiger partial charge in [-0.05, 0) is 46.3 Å². The summed E-state index contributed by atoms with van der Waals surface area (Å²) in [5.74, 6) is -1.22. The molecule has 21 heavy (non-hydrogen) atoms. The van der Waals surface area contributed by atoms with Gasteiger partial charge in [0.2, 0.25) is 0 Å². The van der Waals surface area contributed by atoms with Gasteiger partial charge in [0, 0.05) is 15.6 Å². The normalized spacial score (nSPS) is 10.2. The van der Waals surface area contributed by atoms with Crippen molar-refractivity contribution in [1.82, 2.24) is 0 Å². The number of nitro benzene ring substituents is 1. The van der Waals surface area contributed by atoms with Gasteiger partial charge >= 0.3 is 5.97 Å². The third-order valence-electron chi connectivity index (χ3n) is 2.64. The first-order valence-electron chi connectivity index (χ1n) is 5.62. The number of hydrogen-bond donors (Lipinski definition) is 2. The van der Waals surface area contributed by atoms with E-state index in [1.165, 1.54) is 12.1 Å². The minimum Gasteiger partial charge on any atom is -0.478 e. The summed E-state index contributed by atoms with van der Waals surface area (Å²) in [5, 5.41) is 23.3. The highest BCUT2D eigenvalue weighted by molar-refractivity contribution is 9.10. The maximum Gasteiger partial charge on any atom is 0.335 e. The van der Waals surface area contributed by atoms with Crippen LogP contribution in [0.1, 0.15) is 10.4 Å². The quantitative estimate of drug-likeness (QED) is 0.612. The maximum atomic E-state index is 11.1. The highest BCUT2D eigenvalue weighted by Gasteiger charge is 2.18. The van der Waals surface area contributed by atoms with Gasteiger partial charge in [-0.3, -0.25) is 10.1 Å². The van der Waals surface area contributed by atoms with Crippen LogP contribution in [0.4, 0.5) is 17.1 Å². The summed E-state index contributed by atoms with van der Waals surface area (Å²) in [6.45, 7) is 0. The monoisotopic (exact) mass is 370 g/mol. The molecule has 108 valence electrons. The molecular formula is C13H8BrClN2O4. The van der Waals surface area contributed by atoms with Crippen molar-refractivity contribution in [3.63, 3.8) is 0 Å². The standard InChI is InChI=1S/C13H8BrClN2O4/c14-9-6-8(15)2-4-10(9)16-11-3-1-7(13(18)19)5-12(11)17(20)21/h1-6,16H,(H,18,19). The summed E-state index contributed by atoms with van der Waals surface area (Å²) < 4.78 is 0.631. The molecule has 0 aliphatic carbocycles. The van der Waals surface area contributed by atoms with Crippen LogP contribution in [-0.4, -0.2) is 16.0 Å². The molecule has 0 spiro atoms. The van der Waals surface area contributed by atoms with Crippen LogP contribution >= 0.6 is 27.5 Å². The molecule has 2 aromatic rings. The summed E-state index contributed by atoms with van der Waals surface area (Å²) in [4.78, 5) is 21.3. The number of carboxylic acids is 1. The molecule has 0 aromatic heterocycles. The molecule has 8 heteroatoms. The first-order chi connectivity index (χ1) is 9.88. The third kappa shape index (κ3) is 3.50. The van der Waals surface area contributed by atoms with Gasteiger partial charge in [0.05, 0.1) is 16.2 Å². The minimum atomic E-state index is -1.22. The van der Waals surface area contributed by atoms with E-state index in [9.17, 15) is 14.9 Å². The molecule has 2 rings (SSSR count).